The molecule has 0 spiro atoms. The van der Waals surface area contributed by atoms with Gasteiger partial charge >= 0.3 is 39.5 Å². The van der Waals surface area contributed by atoms with E-state index in [0.717, 1.165) is 108 Å². The van der Waals surface area contributed by atoms with Gasteiger partial charge in [-0.15, -0.1) is 0 Å². The molecule has 0 saturated heterocycles. The van der Waals surface area contributed by atoms with Gasteiger partial charge in [0.25, 0.3) is 0 Å². The van der Waals surface area contributed by atoms with Gasteiger partial charge in [-0.2, -0.15) is 0 Å². The lowest BCUT2D eigenvalue weighted by molar-refractivity contribution is -0.161. The molecule has 0 radical (unpaired) electrons. The molecule has 0 aromatic carbocycles. The Hall–Kier alpha value is -1.94. The van der Waals surface area contributed by atoms with Crippen LogP contribution in [0.2, 0.25) is 0 Å². The summed E-state index contributed by atoms with van der Waals surface area (Å²) < 4.78 is 68.7. The number of aliphatic hydroxyl groups is 1. The van der Waals surface area contributed by atoms with Gasteiger partial charge in [-0.1, -0.05) is 350 Å². The van der Waals surface area contributed by atoms with Gasteiger partial charge in [-0.25, -0.2) is 9.13 Å². The standard InChI is InChI=1S/C78H152O17P2/c1-8-10-11-12-13-14-15-23-31-38-45-52-59-75(80)88-66-74(95-78(83)62-55-48-41-34-27-26-30-37-44-51-58-71(7)9-2)68-93-97(86,87)91-64-72(79)63-90-96(84,85)92-67-73(65-89-76(81)60-53-46-39-32-24-20-19-22-29-36-43-50-57-70(5)6)94-77(82)61-54-47-40-33-25-18-16-17-21-28-35-42-49-56-69(3)4/h69-74,79H,8-68H2,1-7H3,(H,84,85)(H,86,87)/t71?,72-,73-,74-/m1/s1. The van der Waals surface area contributed by atoms with E-state index < -0.39 is 97.5 Å². The van der Waals surface area contributed by atoms with Gasteiger partial charge in [0.05, 0.1) is 26.4 Å². The fraction of sp³-hybridized carbons (Fsp3) is 0.949. The molecule has 0 heterocycles. The highest BCUT2D eigenvalue weighted by Crippen LogP contribution is 2.45. The molecule has 6 atom stereocenters. The number of unbranched alkanes of at least 4 members (excludes halogenated alkanes) is 43. The van der Waals surface area contributed by atoms with Crippen molar-refractivity contribution in [1.29, 1.82) is 0 Å². The van der Waals surface area contributed by atoms with Crippen molar-refractivity contribution in [3.8, 4) is 0 Å². The van der Waals surface area contributed by atoms with Crippen molar-refractivity contribution in [3.05, 3.63) is 0 Å². The molecule has 0 aliphatic carbocycles. The summed E-state index contributed by atoms with van der Waals surface area (Å²) in [6.07, 6.45) is 55.2. The van der Waals surface area contributed by atoms with Gasteiger partial charge < -0.3 is 33.8 Å². The largest absolute Gasteiger partial charge is 0.472 e. The van der Waals surface area contributed by atoms with Gasteiger partial charge in [0, 0.05) is 25.7 Å². The number of rotatable bonds is 76. The van der Waals surface area contributed by atoms with Crippen molar-refractivity contribution in [2.24, 2.45) is 17.8 Å². The average molecular weight is 1420 g/mol. The van der Waals surface area contributed by atoms with Crippen LogP contribution in [0.25, 0.3) is 0 Å². The number of ether oxygens (including phenoxy) is 4. The molecule has 0 aromatic rings. The molecule has 0 aliphatic heterocycles. The average Bonchev–Trinajstić information content (AvgIpc) is 1.41. The molecular formula is C78H152O17P2. The first-order chi connectivity index (χ1) is 46.8. The van der Waals surface area contributed by atoms with Gasteiger partial charge in [-0.3, -0.25) is 37.3 Å². The lowest BCUT2D eigenvalue weighted by Crippen LogP contribution is -2.30. The Bertz CT molecular complexity index is 1890. The van der Waals surface area contributed by atoms with E-state index in [-0.39, 0.29) is 25.7 Å². The minimum Gasteiger partial charge on any atom is -0.462 e. The summed E-state index contributed by atoms with van der Waals surface area (Å²) in [4.78, 5) is 72.9. The normalized spacial score (nSPS) is 14.3. The third-order valence-corrected chi connectivity index (χ3v) is 20.4. The van der Waals surface area contributed by atoms with Crippen LogP contribution in [-0.4, -0.2) is 96.7 Å². The Balaban J connectivity index is 5.28. The van der Waals surface area contributed by atoms with Crippen LogP contribution >= 0.6 is 15.6 Å². The first-order valence-electron chi connectivity index (χ1n) is 40.4. The Morgan fingerprint density at radius 1 is 0.299 bits per heavy atom. The molecular weight excluding hydrogens is 1270 g/mol. The smallest absolute Gasteiger partial charge is 0.462 e. The SMILES string of the molecule is CCCCCCCCCCCCCCC(=O)OC[C@H](COP(=O)(O)OC[C@H](O)COP(=O)(O)OC[C@@H](COC(=O)CCCCCCCCCCCCCCC(C)C)OC(=O)CCCCCCCCCCCCCCCC(C)C)OC(=O)CCCCCCCCCCCCC(C)CC. The van der Waals surface area contributed by atoms with E-state index in [9.17, 15) is 43.2 Å². The van der Waals surface area contributed by atoms with Crippen LogP contribution < -0.4 is 0 Å². The van der Waals surface area contributed by atoms with Crippen LogP contribution in [0.5, 0.6) is 0 Å². The molecule has 19 heteroatoms. The lowest BCUT2D eigenvalue weighted by atomic mass is 9.99. The van der Waals surface area contributed by atoms with E-state index >= 15 is 0 Å². The molecule has 3 unspecified atom stereocenters. The summed E-state index contributed by atoms with van der Waals surface area (Å²) in [7, 11) is -9.92. The zero-order valence-electron chi connectivity index (χ0n) is 63.5. The second-order valence-corrected chi connectivity index (χ2v) is 32.2. The molecule has 0 aromatic heterocycles. The maximum atomic E-state index is 13.1. The summed E-state index contributed by atoms with van der Waals surface area (Å²) in [6, 6.07) is 0. The first kappa shape index (κ1) is 95.1. The molecule has 576 valence electrons. The van der Waals surface area contributed by atoms with E-state index in [2.05, 4.69) is 48.5 Å². The molecule has 3 N–H and O–H groups in total. The highest BCUT2D eigenvalue weighted by atomic mass is 31.2. The van der Waals surface area contributed by atoms with Crippen molar-refractivity contribution in [2.45, 2.75) is 420 Å². The van der Waals surface area contributed by atoms with Crippen molar-refractivity contribution in [1.82, 2.24) is 0 Å². The predicted molar refractivity (Wildman–Crippen MR) is 395 cm³/mol. The van der Waals surface area contributed by atoms with E-state index in [1.807, 2.05) is 0 Å². The van der Waals surface area contributed by atoms with E-state index in [1.54, 1.807) is 0 Å². The van der Waals surface area contributed by atoms with E-state index in [0.29, 0.717) is 25.7 Å². The maximum absolute atomic E-state index is 13.1. The highest BCUT2D eigenvalue weighted by Gasteiger charge is 2.30. The summed E-state index contributed by atoms with van der Waals surface area (Å²) in [5.74, 6) is 0.259. The topological polar surface area (TPSA) is 237 Å². The minimum atomic E-state index is -4.96. The Labute approximate surface area is 594 Å². The van der Waals surface area contributed by atoms with Crippen molar-refractivity contribution >= 4 is 39.5 Å². The maximum Gasteiger partial charge on any atom is 0.472 e. The zero-order chi connectivity index (χ0) is 71.6. The first-order valence-corrected chi connectivity index (χ1v) is 43.4. The third-order valence-electron chi connectivity index (χ3n) is 18.5. The summed E-state index contributed by atoms with van der Waals surface area (Å²) in [5, 5.41) is 10.6. The number of phosphoric acid groups is 2. The summed E-state index contributed by atoms with van der Waals surface area (Å²) in [6.45, 7) is 12.0. The number of carbonyl (C=O) groups is 4. The van der Waals surface area contributed by atoms with Crippen LogP contribution in [0, 0.1) is 17.8 Å². The van der Waals surface area contributed by atoms with Gasteiger partial charge in [0.15, 0.2) is 12.2 Å². The fourth-order valence-electron chi connectivity index (χ4n) is 11.9. The lowest BCUT2D eigenvalue weighted by Gasteiger charge is -2.21. The van der Waals surface area contributed by atoms with E-state index in [4.69, 9.17) is 37.0 Å². The number of carbonyl (C=O) groups excluding carboxylic acids is 4. The predicted octanol–water partition coefficient (Wildman–Crippen LogP) is 23.0. The molecule has 0 amide bonds. The summed E-state index contributed by atoms with van der Waals surface area (Å²) >= 11 is 0. The monoisotopic (exact) mass is 1420 g/mol. The fourth-order valence-corrected chi connectivity index (χ4v) is 13.5. The Morgan fingerprint density at radius 3 is 0.784 bits per heavy atom. The van der Waals surface area contributed by atoms with E-state index in [1.165, 1.54) is 212 Å². The van der Waals surface area contributed by atoms with Crippen LogP contribution in [0.1, 0.15) is 402 Å². The van der Waals surface area contributed by atoms with Crippen LogP contribution in [0.4, 0.5) is 0 Å². The number of esters is 4. The molecule has 0 bridgehead atoms. The van der Waals surface area contributed by atoms with Gasteiger partial charge in [0.2, 0.25) is 0 Å². The molecule has 0 fully saturated rings. The van der Waals surface area contributed by atoms with Gasteiger partial charge in [0.1, 0.15) is 19.3 Å². The molecule has 0 saturated carbocycles. The Morgan fingerprint density at radius 2 is 0.526 bits per heavy atom. The van der Waals surface area contributed by atoms with Crippen LogP contribution in [0.3, 0.4) is 0 Å². The van der Waals surface area contributed by atoms with Crippen LogP contribution in [-0.2, 0) is 65.4 Å². The van der Waals surface area contributed by atoms with Crippen LogP contribution in [0.15, 0.2) is 0 Å². The number of aliphatic hydroxyl groups excluding tert-OH is 1. The molecule has 17 nitrogen and oxygen atoms in total. The zero-order valence-corrected chi connectivity index (χ0v) is 65.3. The molecule has 0 aliphatic rings. The number of hydrogen-bond donors (Lipinski definition) is 3. The van der Waals surface area contributed by atoms with Crippen molar-refractivity contribution < 1.29 is 80.2 Å². The van der Waals surface area contributed by atoms with Gasteiger partial charge in [-0.05, 0) is 43.4 Å². The number of hydrogen-bond acceptors (Lipinski definition) is 15. The highest BCUT2D eigenvalue weighted by molar-refractivity contribution is 7.47. The second-order valence-electron chi connectivity index (χ2n) is 29.3. The minimum absolute atomic E-state index is 0.106. The van der Waals surface area contributed by atoms with Crippen molar-refractivity contribution in [2.75, 3.05) is 39.6 Å². The number of phosphoric ester groups is 2. The van der Waals surface area contributed by atoms with Crippen molar-refractivity contribution in [3.63, 3.8) is 0 Å². The molecule has 0 rings (SSSR count). The molecule has 97 heavy (non-hydrogen) atoms. The third kappa shape index (κ3) is 70.9. The second kappa shape index (κ2) is 68.5. The Kier molecular flexibility index (Phi) is 67.1. The quantitative estimate of drug-likeness (QED) is 0.0222. The summed E-state index contributed by atoms with van der Waals surface area (Å²) in [5.41, 5.74) is 0.